The zero-order valence-corrected chi connectivity index (χ0v) is 17.1. The number of likely N-dealkylation sites (N-methyl/N-ethyl adjacent to an activating group) is 1. The quantitative estimate of drug-likeness (QED) is 0.592. The first-order valence-corrected chi connectivity index (χ1v) is 10.5. The van der Waals surface area contributed by atoms with E-state index in [1.165, 1.54) is 12.1 Å². The summed E-state index contributed by atoms with van der Waals surface area (Å²) in [4.78, 5) is 14.6. The van der Waals surface area contributed by atoms with Crippen molar-refractivity contribution in [2.45, 2.75) is 11.4 Å². The molecule has 0 unspecified atom stereocenters. The molecule has 2 N–H and O–H groups in total. The van der Waals surface area contributed by atoms with Crippen molar-refractivity contribution < 1.29 is 13.2 Å². The Labute approximate surface area is 170 Å². The second-order valence-electron chi connectivity index (χ2n) is 6.75. The van der Waals surface area contributed by atoms with Crippen LogP contribution in [-0.2, 0) is 16.6 Å². The first-order valence-electron chi connectivity index (χ1n) is 9.00. The third kappa shape index (κ3) is 5.66. The Hall–Kier alpha value is -3.17. The van der Waals surface area contributed by atoms with Crippen molar-refractivity contribution in [3.8, 4) is 0 Å². The van der Waals surface area contributed by atoms with Gasteiger partial charge in [-0.15, -0.1) is 0 Å². The molecule has 8 nitrogen and oxygen atoms in total. The fourth-order valence-electron chi connectivity index (χ4n) is 2.56. The van der Waals surface area contributed by atoms with E-state index in [2.05, 4.69) is 15.1 Å². The molecule has 1 aromatic heterocycles. The monoisotopic (exact) mass is 413 g/mol. The van der Waals surface area contributed by atoms with Gasteiger partial charge in [0.15, 0.2) is 0 Å². The number of nitrogens with one attached hydrogen (secondary N) is 2. The molecule has 1 heterocycles. The number of hydrogen-bond donors (Lipinski definition) is 2. The largest absolute Gasteiger partial charge is 0.319 e. The number of carbonyl (C=O) groups excluding carboxylic acids is 1. The first-order chi connectivity index (χ1) is 13.8. The fourth-order valence-corrected chi connectivity index (χ4v) is 3.64. The molecule has 1 amide bonds. The van der Waals surface area contributed by atoms with Crippen LogP contribution in [-0.4, -0.2) is 49.6 Å². The van der Waals surface area contributed by atoms with Crippen molar-refractivity contribution in [1.82, 2.24) is 14.7 Å². The third-order valence-corrected chi connectivity index (χ3v) is 5.52. The van der Waals surface area contributed by atoms with Gasteiger partial charge >= 0.3 is 0 Å². The molecule has 0 aliphatic carbocycles. The Morgan fingerprint density at radius 2 is 1.72 bits per heavy atom. The van der Waals surface area contributed by atoms with Gasteiger partial charge in [-0.3, -0.25) is 14.2 Å². The molecule has 0 radical (unpaired) electrons. The van der Waals surface area contributed by atoms with E-state index in [0.717, 1.165) is 13.1 Å². The van der Waals surface area contributed by atoms with Gasteiger partial charge in [0.25, 0.3) is 15.9 Å². The van der Waals surface area contributed by atoms with E-state index in [-0.39, 0.29) is 10.8 Å². The standard InChI is InChI=1S/C20H23N5O3S/c1-24(2)12-13-25-15-18(14-21-25)22-20(26)16-8-10-17(11-9-16)23-29(27,28)19-6-4-3-5-7-19/h3-11,14-15,23H,12-13H2,1-2H3,(H,22,26). The van der Waals surface area contributed by atoms with Crippen molar-refractivity contribution in [3.05, 3.63) is 72.6 Å². The average molecular weight is 414 g/mol. The normalized spacial score (nSPS) is 11.4. The lowest BCUT2D eigenvalue weighted by Crippen LogP contribution is -2.18. The molecule has 0 bridgehead atoms. The van der Waals surface area contributed by atoms with Crippen LogP contribution in [0, 0.1) is 0 Å². The Bertz CT molecular complexity index is 1060. The summed E-state index contributed by atoms with van der Waals surface area (Å²) in [5, 5.41) is 7.00. The van der Waals surface area contributed by atoms with E-state index in [0.29, 0.717) is 16.9 Å². The van der Waals surface area contributed by atoms with Crippen LogP contribution in [0.4, 0.5) is 11.4 Å². The molecule has 9 heteroatoms. The predicted octanol–water partition coefficient (Wildman–Crippen LogP) is 2.50. The fraction of sp³-hybridized carbons (Fsp3) is 0.200. The van der Waals surface area contributed by atoms with Gasteiger partial charge in [-0.25, -0.2) is 8.42 Å². The van der Waals surface area contributed by atoms with Crippen LogP contribution in [0.25, 0.3) is 0 Å². The minimum Gasteiger partial charge on any atom is -0.319 e. The molecule has 0 aliphatic rings. The summed E-state index contributed by atoms with van der Waals surface area (Å²) < 4.78 is 29.0. The van der Waals surface area contributed by atoms with Crippen LogP contribution in [0.3, 0.4) is 0 Å². The van der Waals surface area contributed by atoms with Crippen LogP contribution >= 0.6 is 0 Å². The van der Waals surface area contributed by atoms with Gasteiger partial charge in [0.05, 0.1) is 23.3 Å². The highest BCUT2D eigenvalue weighted by Crippen LogP contribution is 2.17. The summed E-state index contributed by atoms with van der Waals surface area (Å²) in [5.74, 6) is -0.297. The molecule has 0 saturated heterocycles. The van der Waals surface area contributed by atoms with Crippen LogP contribution in [0.2, 0.25) is 0 Å². The molecular weight excluding hydrogens is 390 g/mol. The molecule has 0 fully saturated rings. The lowest BCUT2D eigenvalue weighted by Gasteiger charge is -2.09. The van der Waals surface area contributed by atoms with Crippen LogP contribution < -0.4 is 10.0 Å². The summed E-state index contributed by atoms with van der Waals surface area (Å²) in [5.41, 5.74) is 1.39. The van der Waals surface area contributed by atoms with E-state index in [4.69, 9.17) is 0 Å². The summed E-state index contributed by atoms with van der Waals surface area (Å²) in [7, 11) is 0.295. The Balaban J connectivity index is 1.62. The summed E-state index contributed by atoms with van der Waals surface area (Å²) in [6.07, 6.45) is 3.36. The highest BCUT2D eigenvalue weighted by atomic mass is 32.2. The molecule has 29 heavy (non-hydrogen) atoms. The number of sulfonamides is 1. The number of benzene rings is 2. The molecule has 2 aromatic carbocycles. The van der Waals surface area contributed by atoms with Gasteiger partial charge in [0.1, 0.15) is 0 Å². The second kappa shape index (κ2) is 8.89. The number of amides is 1. The van der Waals surface area contributed by atoms with Crippen molar-refractivity contribution >= 4 is 27.3 Å². The smallest absolute Gasteiger partial charge is 0.261 e. The van der Waals surface area contributed by atoms with E-state index in [9.17, 15) is 13.2 Å². The van der Waals surface area contributed by atoms with Gasteiger partial charge < -0.3 is 10.2 Å². The Morgan fingerprint density at radius 1 is 1.03 bits per heavy atom. The van der Waals surface area contributed by atoms with Gasteiger partial charge in [-0.2, -0.15) is 5.10 Å². The predicted molar refractivity (Wildman–Crippen MR) is 112 cm³/mol. The maximum Gasteiger partial charge on any atom is 0.261 e. The lowest BCUT2D eigenvalue weighted by atomic mass is 10.2. The molecule has 152 valence electrons. The van der Waals surface area contributed by atoms with Crippen LogP contribution in [0.5, 0.6) is 0 Å². The van der Waals surface area contributed by atoms with Crippen molar-refractivity contribution in [2.75, 3.05) is 30.7 Å². The minimum absolute atomic E-state index is 0.174. The topological polar surface area (TPSA) is 96.3 Å². The van der Waals surface area contributed by atoms with Crippen molar-refractivity contribution in [1.29, 1.82) is 0 Å². The van der Waals surface area contributed by atoms with E-state index in [1.54, 1.807) is 59.5 Å². The molecule has 0 saturated carbocycles. The highest BCUT2D eigenvalue weighted by molar-refractivity contribution is 7.92. The Morgan fingerprint density at radius 3 is 2.38 bits per heavy atom. The summed E-state index contributed by atoms with van der Waals surface area (Å²) in [6.45, 7) is 1.56. The molecular formula is C20H23N5O3S. The molecule has 3 aromatic rings. The van der Waals surface area contributed by atoms with E-state index < -0.39 is 10.0 Å². The van der Waals surface area contributed by atoms with Gasteiger partial charge in [0, 0.05) is 24.0 Å². The molecule has 0 atom stereocenters. The Kier molecular flexibility index (Phi) is 6.30. The highest BCUT2D eigenvalue weighted by Gasteiger charge is 2.14. The van der Waals surface area contributed by atoms with Gasteiger partial charge in [-0.05, 0) is 50.5 Å². The zero-order valence-electron chi connectivity index (χ0n) is 16.2. The number of aromatic nitrogens is 2. The average Bonchev–Trinajstić information content (AvgIpc) is 3.14. The van der Waals surface area contributed by atoms with Gasteiger partial charge in [-0.1, -0.05) is 18.2 Å². The van der Waals surface area contributed by atoms with E-state index >= 15 is 0 Å². The minimum atomic E-state index is -3.67. The number of rotatable bonds is 8. The molecule has 0 spiro atoms. The first kappa shape index (κ1) is 20.6. The maximum absolute atomic E-state index is 12.4. The number of carbonyl (C=O) groups is 1. The maximum atomic E-state index is 12.4. The molecule has 0 aliphatic heterocycles. The summed E-state index contributed by atoms with van der Waals surface area (Å²) in [6, 6.07) is 14.3. The number of nitrogens with zero attached hydrogens (tertiary/aromatic N) is 3. The molecule has 3 rings (SSSR count). The third-order valence-electron chi connectivity index (χ3n) is 4.12. The SMILES string of the molecule is CN(C)CCn1cc(NC(=O)c2ccc(NS(=O)(=O)c3ccccc3)cc2)cn1. The lowest BCUT2D eigenvalue weighted by molar-refractivity contribution is 0.102. The van der Waals surface area contributed by atoms with Crippen molar-refractivity contribution in [3.63, 3.8) is 0 Å². The van der Waals surface area contributed by atoms with Crippen LogP contribution in [0.15, 0.2) is 71.9 Å². The number of anilines is 2. The van der Waals surface area contributed by atoms with Crippen molar-refractivity contribution in [2.24, 2.45) is 0 Å². The zero-order chi connectivity index (χ0) is 20.9. The summed E-state index contributed by atoms with van der Waals surface area (Å²) >= 11 is 0. The van der Waals surface area contributed by atoms with Crippen LogP contribution in [0.1, 0.15) is 10.4 Å². The number of hydrogen-bond acceptors (Lipinski definition) is 5. The van der Waals surface area contributed by atoms with Gasteiger partial charge in [0.2, 0.25) is 0 Å². The van der Waals surface area contributed by atoms with E-state index in [1.807, 2.05) is 19.0 Å². The second-order valence-corrected chi connectivity index (χ2v) is 8.43.